The second-order valence-electron chi connectivity index (χ2n) is 4.74. The smallest absolute Gasteiger partial charge is 0.253 e. The van der Waals surface area contributed by atoms with Crippen molar-refractivity contribution in [3.05, 3.63) is 29.6 Å². The lowest BCUT2D eigenvalue weighted by Gasteiger charge is -2.32. The molecule has 1 aliphatic rings. The molecule has 1 aliphatic heterocycles. The van der Waals surface area contributed by atoms with Crippen LogP contribution in [0.25, 0.3) is 0 Å². The quantitative estimate of drug-likeness (QED) is 0.796. The number of likely N-dealkylation sites (tertiary alicyclic amines) is 1. The topological polar surface area (TPSA) is 42.4 Å². The Morgan fingerprint density at radius 1 is 1.53 bits per heavy atom. The van der Waals surface area contributed by atoms with E-state index in [9.17, 15) is 4.79 Å². The molecule has 1 fully saturated rings. The van der Waals surface area contributed by atoms with Crippen LogP contribution >= 0.6 is 11.6 Å². The van der Waals surface area contributed by atoms with Crippen molar-refractivity contribution in [2.75, 3.05) is 25.6 Å². The molecule has 0 unspecified atom stereocenters. The van der Waals surface area contributed by atoms with Crippen molar-refractivity contribution >= 4 is 17.5 Å². The molecule has 19 heavy (non-hydrogen) atoms. The fourth-order valence-electron chi connectivity index (χ4n) is 2.30. The molecule has 0 aromatic carbocycles. The fourth-order valence-corrected chi connectivity index (χ4v) is 2.39. The van der Waals surface area contributed by atoms with Crippen molar-refractivity contribution < 1.29 is 9.53 Å². The number of hydrogen-bond donors (Lipinski definition) is 0. The maximum absolute atomic E-state index is 12.3. The molecule has 0 atom stereocenters. The molecular formula is C14H19ClN2O2. The molecule has 0 radical (unpaired) electrons. The third kappa shape index (κ3) is 3.91. The number of alkyl halides is 1. The van der Waals surface area contributed by atoms with Crippen molar-refractivity contribution in [3.63, 3.8) is 0 Å². The first kappa shape index (κ1) is 14.3. The van der Waals surface area contributed by atoms with Crippen LogP contribution in [-0.2, 0) is 4.74 Å². The Morgan fingerprint density at radius 3 is 2.89 bits per heavy atom. The van der Waals surface area contributed by atoms with Gasteiger partial charge in [0.1, 0.15) is 0 Å². The highest BCUT2D eigenvalue weighted by atomic mass is 35.5. The van der Waals surface area contributed by atoms with Gasteiger partial charge in [-0.1, -0.05) is 0 Å². The maximum atomic E-state index is 12.3. The van der Waals surface area contributed by atoms with E-state index < -0.39 is 0 Å². The largest absolute Gasteiger partial charge is 0.377 e. The zero-order valence-electron chi connectivity index (χ0n) is 11.1. The van der Waals surface area contributed by atoms with Gasteiger partial charge in [-0.05, 0) is 31.9 Å². The number of piperidine rings is 1. The number of amides is 1. The van der Waals surface area contributed by atoms with Crippen molar-refractivity contribution in [1.82, 2.24) is 9.88 Å². The molecule has 0 aliphatic carbocycles. The Bertz CT molecular complexity index is 431. The number of nitrogens with zero attached hydrogens (tertiary/aromatic N) is 2. The van der Waals surface area contributed by atoms with E-state index in [2.05, 4.69) is 4.98 Å². The number of halogens is 1. The molecule has 2 rings (SSSR count). The molecule has 0 saturated carbocycles. The molecule has 0 bridgehead atoms. The summed E-state index contributed by atoms with van der Waals surface area (Å²) in [5.74, 6) is 0.608. The van der Waals surface area contributed by atoms with Crippen LogP contribution in [-0.4, -0.2) is 47.5 Å². The van der Waals surface area contributed by atoms with Crippen molar-refractivity contribution in [2.24, 2.45) is 0 Å². The predicted molar refractivity (Wildman–Crippen MR) is 74.6 cm³/mol. The third-order valence-corrected chi connectivity index (χ3v) is 3.46. The van der Waals surface area contributed by atoms with Gasteiger partial charge in [0.05, 0.1) is 12.7 Å². The summed E-state index contributed by atoms with van der Waals surface area (Å²) in [6, 6.07) is 3.60. The zero-order valence-corrected chi connectivity index (χ0v) is 11.9. The van der Waals surface area contributed by atoms with Crippen LogP contribution < -0.4 is 0 Å². The SMILES string of the molecule is Cc1cc(C(=O)N2CCC(OCCCl)CC2)ccn1. The van der Waals surface area contributed by atoms with Gasteiger partial charge in [-0.2, -0.15) is 0 Å². The Kier molecular flexibility index (Phi) is 5.16. The molecule has 0 N–H and O–H groups in total. The Hall–Kier alpha value is -1.13. The molecule has 4 nitrogen and oxygen atoms in total. The summed E-state index contributed by atoms with van der Waals surface area (Å²) in [6.45, 7) is 3.97. The van der Waals surface area contributed by atoms with Gasteiger partial charge in [-0.15, -0.1) is 11.6 Å². The van der Waals surface area contributed by atoms with Gasteiger partial charge in [-0.25, -0.2) is 0 Å². The summed E-state index contributed by atoms with van der Waals surface area (Å²) in [7, 11) is 0. The second kappa shape index (κ2) is 6.87. The second-order valence-corrected chi connectivity index (χ2v) is 5.12. The van der Waals surface area contributed by atoms with Crippen molar-refractivity contribution in [1.29, 1.82) is 0 Å². The van der Waals surface area contributed by atoms with Gasteiger partial charge in [0.2, 0.25) is 0 Å². The first-order valence-electron chi connectivity index (χ1n) is 6.60. The van der Waals surface area contributed by atoms with Crippen LogP contribution in [0, 0.1) is 6.92 Å². The van der Waals surface area contributed by atoms with Crippen LogP contribution in [0.2, 0.25) is 0 Å². The van der Waals surface area contributed by atoms with Crippen LogP contribution in [0.3, 0.4) is 0 Å². The lowest BCUT2D eigenvalue weighted by Crippen LogP contribution is -2.41. The number of carbonyl (C=O) groups excluding carboxylic acids is 1. The van der Waals surface area contributed by atoms with E-state index in [1.165, 1.54) is 0 Å². The zero-order chi connectivity index (χ0) is 13.7. The minimum atomic E-state index is 0.0845. The highest BCUT2D eigenvalue weighted by Crippen LogP contribution is 2.16. The third-order valence-electron chi connectivity index (χ3n) is 3.30. The number of carbonyl (C=O) groups is 1. The number of pyridine rings is 1. The molecule has 5 heteroatoms. The normalized spacial score (nSPS) is 16.6. The number of ether oxygens (including phenoxy) is 1. The van der Waals surface area contributed by atoms with E-state index >= 15 is 0 Å². The van der Waals surface area contributed by atoms with E-state index in [4.69, 9.17) is 16.3 Å². The standard InChI is InChI=1S/C14H19ClN2O2/c1-11-10-12(2-6-16-11)14(18)17-7-3-13(4-8-17)19-9-5-15/h2,6,10,13H,3-5,7-9H2,1H3. The average Bonchev–Trinajstić information content (AvgIpc) is 2.45. The lowest BCUT2D eigenvalue weighted by atomic mass is 10.1. The molecule has 1 aromatic heterocycles. The van der Waals surface area contributed by atoms with Gasteiger partial charge in [-0.3, -0.25) is 9.78 Å². The van der Waals surface area contributed by atoms with Crippen LogP contribution in [0.15, 0.2) is 18.3 Å². The highest BCUT2D eigenvalue weighted by molar-refractivity contribution is 6.17. The summed E-state index contributed by atoms with van der Waals surface area (Å²) in [6.07, 6.45) is 3.68. The van der Waals surface area contributed by atoms with Crippen molar-refractivity contribution in [2.45, 2.75) is 25.9 Å². The number of aryl methyl sites for hydroxylation is 1. The lowest BCUT2D eigenvalue weighted by molar-refractivity contribution is 0.0154. The Labute approximate surface area is 118 Å². The molecule has 1 saturated heterocycles. The minimum Gasteiger partial charge on any atom is -0.377 e. The first-order valence-corrected chi connectivity index (χ1v) is 7.13. The van der Waals surface area contributed by atoms with Crippen LogP contribution in [0.1, 0.15) is 28.9 Å². The Morgan fingerprint density at radius 2 is 2.26 bits per heavy atom. The van der Waals surface area contributed by atoms with Gasteiger partial charge in [0, 0.05) is 36.4 Å². The van der Waals surface area contributed by atoms with Gasteiger partial charge < -0.3 is 9.64 Å². The van der Waals surface area contributed by atoms with E-state index in [-0.39, 0.29) is 12.0 Å². The van der Waals surface area contributed by atoms with E-state index in [0.29, 0.717) is 18.1 Å². The van der Waals surface area contributed by atoms with Gasteiger partial charge in [0.25, 0.3) is 5.91 Å². The number of rotatable bonds is 4. The Balaban J connectivity index is 1.89. The summed E-state index contributed by atoms with van der Waals surface area (Å²) >= 11 is 5.60. The number of hydrogen-bond acceptors (Lipinski definition) is 3. The van der Waals surface area contributed by atoms with Crippen molar-refractivity contribution in [3.8, 4) is 0 Å². The maximum Gasteiger partial charge on any atom is 0.253 e. The minimum absolute atomic E-state index is 0.0845. The summed E-state index contributed by atoms with van der Waals surface area (Å²) < 4.78 is 5.61. The van der Waals surface area contributed by atoms with E-state index in [0.717, 1.165) is 31.6 Å². The summed E-state index contributed by atoms with van der Waals surface area (Å²) in [4.78, 5) is 18.3. The molecule has 2 heterocycles. The van der Waals surface area contributed by atoms with Crippen LogP contribution in [0.4, 0.5) is 0 Å². The molecular weight excluding hydrogens is 264 g/mol. The van der Waals surface area contributed by atoms with E-state index in [1.807, 2.05) is 17.9 Å². The average molecular weight is 283 g/mol. The van der Waals surface area contributed by atoms with E-state index in [1.54, 1.807) is 12.3 Å². The van der Waals surface area contributed by atoms with Gasteiger partial charge in [0.15, 0.2) is 0 Å². The summed E-state index contributed by atoms with van der Waals surface area (Å²) in [5.41, 5.74) is 1.58. The molecule has 104 valence electrons. The first-order chi connectivity index (χ1) is 9.20. The molecule has 0 spiro atoms. The molecule has 1 aromatic rings. The summed E-state index contributed by atoms with van der Waals surface area (Å²) in [5, 5.41) is 0. The predicted octanol–water partition coefficient (Wildman–Crippen LogP) is 2.25. The monoisotopic (exact) mass is 282 g/mol. The van der Waals surface area contributed by atoms with Gasteiger partial charge >= 0.3 is 0 Å². The fraction of sp³-hybridized carbons (Fsp3) is 0.571. The highest BCUT2D eigenvalue weighted by Gasteiger charge is 2.23. The molecule has 1 amide bonds. The number of aromatic nitrogens is 1. The van der Waals surface area contributed by atoms with Crippen LogP contribution in [0.5, 0.6) is 0 Å².